The third-order valence-corrected chi connectivity index (χ3v) is 3.39. The number of aromatic nitrogens is 3. The van der Waals surface area contributed by atoms with E-state index < -0.39 is 0 Å². The lowest BCUT2D eigenvalue weighted by atomic mass is 10.2. The number of nitrogen functional groups attached to an aromatic ring is 1. The molecule has 0 amide bonds. The minimum atomic E-state index is 0.458. The Morgan fingerprint density at radius 1 is 1.16 bits per heavy atom. The predicted octanol–water partition coefficient (Wildman–Crippen LogP) is 2.09. The van der Waals surface area contributed by atoms with Crippen molar-refractivity contribution in [3.8, 4) is 11.5 Å². The van der Waals surface area contributed by atoms with Crippen molar-refractivity contribution in [2.45, 2.75) is 25.7 Å². The molecule has 6 nitrogen and oxygen atoms in total. The Bertz CT molecular complexity index is 545. The highest BCUT2D eigenvalue weighted by atomic mass is 16.5. The van der Waals surface area contributed by atoms with Gasteiger partial charge in [-0.15, -0.1) is 0 Å². The van der Waals surface area contributed by atoms with Crippen molar-refractivity contribution in [2.75, 3.05) is 23.7 Å². The molecule has 3 rings (SSSR count). The molecule has 1 fully saturated rings. The fourth-order valence-corrected chi connectivity index (χ4v) is 2.33. The van der Waals surface area contributed by atoms with Crippen molar-refractivity contribution in [3.05, 3.63) is 18.5 Å². The smallest absolute Gasteiger partial charge is 0.266 e. The lowest BCUT2D eigenvalue weighted by molar-refractivity contribution is 0.429. The van der Waals surface area contributed by atoms with Gasteiger partial charge in [-0.1, -0.05) is 12.8 Å². The molecule has 1 aliphatic heterocycles. The Kier molecular flexibility index (Phi) is 3.31. The molecule has 0 radical (unpaired) electrons. The van der Waals surface area contributed by atoms with Gasteiger partial charge in [0.15, 0.2) is 0 Å². The summed E-state index contributed by atoms with van der Waals surface area (Å²) < 4.78 is 5.32. The van der Waals surface area contributed by atoms with E-state index in [1.165, 1.54) is 25.7 Å². The molecule has 100 valence electrons. The van der Waals surface area contributed by atoms with Crippen LogP contribution in [0.3, 0.4) is 0 Å². The van der Waals surface area contributed by atoms with Crippen LogP contribution in [0.4, 0.5) is 11.6 Å². The summed E-state index contributed by atoms with van der Waals surface area (Å²) in [7, 11) is 0. The Labute approximate surface area is 111 Å². The zero-order valence-corrected chi connectivity index (χ0v) is 10.7. The molecule has 3 heterocycles. The zero-order chi connectivity index (χ0) is 13.1. The molecule has 2 N–H and O–H groups in total. The van der Waals surface area contributed by atoms with Gasteiger partial charge >= 0.3 is 0 Å². The first kappa shape index (κ1) is 12.0. The van der Waals surface area contributed by atoms with E-state index in [1.807, 2.05) is 0 Å². The first-order chi connectivity index (χ1) is 9.34. The molecule has 0 unspecified atom stereocenters. The average Bonchev–Trinajstić information content (AvgIpc) is 2.75. The van der Waals surface area contributed by atoms with Gasteiger partial charge in [-0.25, -0.2) is 0 Å². The van der Waals surface area contributed by atoms with Crippen molar-refractivity contribution in [2.24, 2.45) is 0 Å². The quantitative estimate of drug-likeness (QED) is 0.889. The van der Waals surface area contributed by atoms with Gasteiger partial charge in [0.05, 0.1) is 17.4 Å². The van der Waals surface area contributed by atoms with Crippen molar-refractivity contribution in [1.29, 1.82) is 0 Å². The van der Waals surface area contributed by atoms with Crippen LogP contribution in [0.1, 0.15) is 25.7 Å². The molecule has 1 saturated heterocycles. The SMILES string of the molecule is Nc1cnccc1-c1nc(N2CCCCCC2)no1. The maximum atomic E-state index is 5.86. The van der Waals surface area contributed by atoms with Crippen molar-refractivity contribution in [1.82, 2.24) is 15.1 Å². The predicted molar refractivity (Wildman–Crippen MR) is 72.6 cm³/mol. The number of nitrogens with zero attached hydrogens (tertiary/aromatic N) is 4. The van der Waals surface area contributed by atoms with E-state index in [2.05, 4.69) is 20.0 Å². The van der Waals surface area contributed by atoms with E-state index in [0.29, 0.717) is 17.5 Å². The number of nitrogens with two attached hydrogens (primary N) is 1. The first-order valence-electron chi connectivity index (χ1n) is 6.63. The van der Waals surface area contributed by atoms with Gasteiger partial charge < -0.3 is 15.2 Å². The van der Waals surface area contributed by atoms with E-state index in [-0.39, 0.29) is 0 Å². The summed E-state index contributed by atoms with van der Waals surface area (Å²) in [6.45, 7) is 1.98. The summed E-state index contributed by atoms with van der Waals surface area (Å²) in [6, 6.07) is 1.79. The van der Waals surface area contributed by atoms with Crippen LogP contribution in [-0.2, 0) is 0 Å². The van der Waals surface area contributed by atoms with Gasteiger partial charge in [0, 0.05) is 19.3 Å². The van der Waals surface area contributed by atoms with E-state index in [0.717, 1.165) is 18.7 Å². The Morgan fingerprint density at radius 2 is 1.95 bits per heavy atom. The molecule has 2 aromatic heterocycles. The normalized spacial score (nSPS) is 16.3. The zero-order valence-electron chi connectivity index (χ0n) is 10.7. The van der Waals surface area contributed by atoms with Crippen LogP contribution in [0.2, 0.25) is 0 Å². The topological polar surface area (TPSA) is 81.1 Å². The molecule has 0 saturated carbocycles. The van der Waals surface area contributed by atoms with Crippen LogP contribution >= 0.6 is 0 Å². The van der Waals surface area contributed by atoms with Gasteiger partial charge in [-0.3, -0.25) is 4.98 Å². The molecule has 19 heavy (non-hydrogen) atoms. The van der Waals surface area contributed by atoms with Crippen LogP contribution < -0.4 is 10.6 Å². The molecule has 0 aliphatic carbocycles. The van der Waals surface area contributed by atoms with Crippen LogP contribution in [0.25, 0.3) is 11.5 Å². The van der Waals surface area contributed by atoms with Crippen molar-refractivity contribution in [3.63, 3.8) is 0 Å². The lowest BCUT2D eigenvalue weighted by Gasteiger charge is -2.16. The summed E-state index contributed by atoms with van der Waals surface area (Å²) in [6.07, 6.45) is 8.17. The summed E-state index contributed by atoms with van der Waals surface area (Å²) in [5.74, 6) is 1.12. The third-order valence-electron chi connectivity index (χ3n) is 3.39. The Hall–Kier alpha value is -2.11. The third kappa shape index (κ3) is 2.52. The summed E-state index contributed by atoms with van der Waals surface area (Å²) >= 11 is 0. The molecule has 6 heteroatoms. The summed E-state index contributed by atoms with van der Waals surface area (Å²) in [5.41, 5.74) is 7.15. The highest BCUT2D eigenvalue weighted by Crippen LogP contribution is 2.25. The molecule has 1 aliphatic rings. The second-order valence-corrected chi connectivity index (χ2v) is 4.76. The Morgan fingerprint density at radius 3 is 2.68 bits per heavy atom. The second kappa shape index (κ2) is 5.26. The molecule has 0 aromatic carbocycles. The van der Waals surface area contributed by atoms with Crippen LogP contribution in [0.15, 0.2) is 23.0 Å². The number of rotatable bonds is 2. The average molecular weight is 259 g/mol. The minimum absolute atomic E-state index is 0.458. The van der Waals surface area contributed by atoms with Gasteiger partial charge in [0.25, 0.3) is 11.8 Å². The van der Waals surface area contributed by atoms with Crippen molar-refractivity contribution < 1.29 is 4.52 Å². The molecule has 0 bridgehead atoms. The van der Waals surface area contributed by atoms with E-state index in [9.17, 15) is 0 Å². The fourth-order valence-electron chi connectivity index (χ4n) is 2.33. The molecular formula is C13H17N5O. The standard InChI is InChI=1S/C13H17N5O/c14-11-9-15-6-5-10(11)12-16-13(17-19-12)18-7-3-1-2-4-8-18/h5-6,9H,1-4,7-8,14H2. The van der Waals surface area contributed by atoms with Crippen molar-refractivity contribution >= 4 is 11.6 Å². The summed E-state index contributed by atoms with van der Waals surface area (Å²) in [5, 5.41) is 4.06. The van der Waals surface area contributed by atoms with E-state index in [1.54, 1.807) is 18.5 Å². The Balaban J connectivity index is 1.85. The van der Waals surface area contributed by atoms with Crippen LogP contribution in [0, 0.1) is 0 Å². The van der Waals surface area contributed by atoms with Gasteiger partial charge in [0.1, 0.15) is 0 Å². The van der Waals surface area contributed by atoms with Gasteiger partial charge in [-0.2, -0.15) is 4.98 Å². The number of hydrogen-bond acceptors (Lipinski definition) is 6. The largest absolute Gasteiger partial charge is 0.397 e. The minimum Gasteiger partial charge on any atom is -0.397 e. The molecule has 2 aromatic rings. The number of anilines is 2. The molecule has 0 atom stereocenters. The molecular weight excluding hydrogens is 242 g/mol. The second-order valence-electron chi connectivity index (χ2n) is 4.76. The number of hydrogen-bond donors (Lipinski definition) is 1. The van der Waals surface area contributed by atoms with E-state index >= 15 is 0 Å². The lowest BCUT2D eigenvalue weighted by Crippen LogP contribution is -2.24. The van der Waals surface area contributed by atoms with E-state index in [4.69, 9.17) is 10.3 Å². The van der Waals surface area contributed by atoms with Crippen LogP contribution in [-0.4, -0.2) is 28.2 Å². The number of pyridine rings is 1. The molecule has 0 spiro atoms. The van der Waals surface area contributed by atoms with Gasteiger partial charge in [-0.05, 0) is 24.1 Å². The monoisotopic (exact) mass is 259 g/mol. The van der Waals surface area contributed by atoms with Crippen LogP contribution in [0.5, 0.6) is 0 Å². The highest BCUT2D eigenvalue weighted by molar-refractivity contribution is 5.69. The fraction of sp³-hybridized carbons (Fsp3) is 0.462. The first-order valence-corrected chi connectivity index (χ1v) is 6.63. The van der Waals surface area contributed by atoms with Gasteiger partial charge in [0.2, 0.25) is 0 Å². The highest BCUT2D eigenvalue weighted by Gasteiger charge is 2.17. The summed E-state index contributed by atoms with van der Waals surface area (Å²) in [4.78, 5) is 10.6. The maximum absolute atomic E-state index is 5.86. The maximum Gasteiger partial charge on any atom is 0.266 e.